The molecule has 1 aromatic heterocycles. The third-order valence-corrected chi connectivity index (χ3v) is 2.21. The van der Waals surface area contributed by atoms with E-state index in [4.69, 9.17) is 5.11 Å². The first-order valence-corrected chi connectivity index (χ1v) is 5.15. The fourth-order valence-electron chi connectivity index (χ4n) is 1.36. The largest absolute Gasteiger partial charge is 0.423 e. The van der Waals surface area contributed by atoms with Gasteiger partial charge in [-0.3, -0.25) is 4.79 Å². The van der Waals surface area contributed by atoms with Gasteiger partial charge in [0.25, 0.3) is 5.56 Å². The van der Waals surface area contributed by atoms with Gasteiger partial charge in [-0.05, 0) is 13.0 Å². The summed E-state index contributed by atoms with van der Waals surface area (Å²) in [7, 11) is 0. The monoisotopic (exact) mass is 281 g/mol. The Morgan fingerprint density at radius 3 is 2.79 bits per heavy atom. The van der Waals surface area contributed by atoms with Gasteiger partial charge in [0.1, 0.15) is 11.4 Å². The molecule has 1 rings (SSSR count). The van der Waals surface area contributed by atoms with Crippen molar-refractivity contribution >= 4 is 5.69 Å². The molecule has 0 bridgehead atoms. The maximum atomic E-state index is 13.3. The molecule has 1 heterocycles. The molecule has 0 radical (unpaired) electrons. The van der Waals surface area contributed by atoms with E-state index in [0.717, 1.165) is 12.3 Å². The SMILES string of the molecule is CC(Nc1cn[nH]c(=O)c1C(F)(F)F)/C(F)=C/CO. The van der Waals surface area contributed by atoms with Crippen LogP contribution in [0.3, 0.4) is 0 Å². The Kier molecular flexibility index (Phi) is 4.65. The Labute approximate surface area is 105 Å². The predicted molar refractivity (Wildman–Crippen MR) is 59.2 cm³/mol. The lowest BCUT2D eigenvalue weighted by Crippen LogP contribution is -2.27. The molecule has 0 aliphatic rings. The third kappa shape index (κ3) is 3.78. The van der Waals surface area contributed by atoms with Crippen molar-refractivity contribution in [2.75, 3.05) is 11.9 Å². The van der Waals surface area contributed by atoms with E-state index >= 15 is 0 Å². The van der Waals surface area contributed by atoms with Gasteiger partial charge in [0.15, 0.2) is 0 Å². The Bertz CT molecular complexity index is 524. The summed E-state index contributed by atoms with van der Waals surface area (Å²) in [6.07, 6.45) is -3.35. The highest BCUT2D eigenvalue weighted by Gasteiger charge is 2.37. The zero-order valence-corrected chi connectivity index (χ0v) is 9.75. The quantitative estimate of drug-likeness (QED) is 0.730. The molecule has 0 fully saturated rings. The van der Waals surface area contributed by atoms with E-state index in [9.17, 15) is 22.4 Å². The lowest BCUT2D eigenvalue weighted by molar-refractivity contribution is -0.138. The van der Waals surface area contributed by atoms with Crippen molar-refractivity contribution in [3.63, 3.8) is 0 Å². The molecule has 0 amide bonds. The first kappa shape index (κ1) is 15.2. The van der Waals surface area contributed by atoms with Crippen LogP contribution in [0.15, 0.2) is 22.9 Å². The van der Waals surface area contributed by atoms with Gasteiger partial charge < -0.3 is 10.4 Å². The second-order valence-corrected chi connectivity index (χ2v) is 3.62. The number of aromatic nitrogens is 2. The number of H-pyrrole nitrogens is 1. The molecule has 0 aliphatic carbocycles. The smallest absolute Gasteiger partial charge is 0.392 e. The number of rotatable bonds is 4. The zero-order valence-electron chi connectivity index (χ0n) is 9.75. The predicted octanol–water partition coefficient (Wildman–Crippen LogP) is 1.43. The second kappa shape index (κ2) is 5.83. The fraction of sp³-hybridized carbons (Fsp3) is 0.400. The van der Waals surface area contributed by atoms with E-state index in [1.54, 1.807) is 5.10 Å². The maximum absolute atomic E-state index is 13.3. The highest BCUT2D eigenvalue weighted by atomic mass is 19.4. The number of alkyl halides is 3. The van der Waals surface area contributed by atoms with Gasteiger partial charge in [0, 0.05) is 0 Å². The Morgan fingerprint density at radius 1 is 1.63 bits per heavy atom. The number of aromatic amines is 1. The molecule has 0 saturated carbocycles. The van der Waals surface area contributed by atoms with E-state index in [2.05, 4.69) is 10.4 Å². The first-order chi connectivity index (χ1) is 8.77. The second-order valence-electron chi connectivity index (χ2n) is 3.62. The van der Waals surface area contributed by atoms with Crippen molar-refractivity contribution in [1.29, 1.82) is 0 Å². The standard InChI is InChI=1S/C10H11F4N3O2/c1-5(6(11)2-3-18)16-7-4-15-17-9(19)8(7)10(12,13)14/h2,4-5,18H,3H2,1H3,(H2,16,17,19)/b6-2-. The first-order valence-electron chi connectivity index (χ1n) is 5.15. The molecular weight excluding hydrogens is 270 g/mol. The van der Waals surface area contributed by atoms with Gasteiger partial charge in [0.05, 0.1) is 24.5 Å². The summed E-state index contributed by atoms with van der Waals surface area (Å²) in [6, 6.07) is -1.14. The molecule has 106 valence electrons. The van der Waals surface area contributed by atoms with E-state index in [0.29, 0.717) is 0 Å². The minimum absolute atomic E-state index is 0.586. The van der Waals surface area contributed by atoms with Crippen molar-refractivity contribution < 1.29 is 22.7 Å². The van der Waals surface area contributed by atoms with Crippen LogP contribution in [0.5, 0.6) is 0 Å². The van der Waals surface area contributed by atoms with Gasteiger partial charge in [-0.15, -0.1) is 0 Å². The molecule has 1 unspecified atom stereocenters. The molecule has 0 saturated heterocycles. The number of aliphatic hydroxyl groups is 1. The number of nitrogens with zero attached hydrogens (tertiary/aromatic N) is 1. The van der Waals surface area contributed by atoms with Crippen LogP contribution in [0.4, 0.5) is 23.2 Å². The summed E-state index contributed by atoms with van der Waals surface area (Å²) in [4.78, 5) is 11.1. The summed E-state index contributed by atoms with van der Waals surface area (Å²) in [5.41, 5.74) is -3.53. The van der Waals surface area contributed by atoms with Crippen LogP contribution in [-0.4, -0.2) is 28.0 Å². The van der Waals surface area contributed by atoms with Crippen LogP contribution in [0.2, 0.25) is 0 Å². The van der Waals surface area contributed by atoms with Crippen LogP contribution >= 0.6 is 0 Å². The van der Waals surface area contributed by atoms with Gasteiger partial charge in [-0.2, -0.15) is 18.3 Å². The average molecular weight is 281 g/mol. The number of hydrogen-bond acceptors (Lipinski definition) is 4. The van der Waals surface area contributed by atoms with Gasteiger partial charge >= 0.3 is 6.18 Å². The van der Waals surface area contributed by atoms with Crippen LogP contribution in [-0.2, 0) is 6.18 Å². The van der Waals surface area contributed by atoms with Crippen molar-refractivity contribution in [2.45, 2.75) is 19.1 Å². The van der Waals surface area contributed by atoms with Crippen LogP contribution in [0, 0.1) is 0 Å². The number of nitrogens with one attached hydrogen (secondary N) is 2. The molecule has 1 atom stereocenters. The molecule has 3 N–H and O–H groups in total. The third-order valence-electron chi connectivity index (χ3n) is 2.21. The Hall–Kier alpha value is -1.90. The molecule has 0 aliphatic heterocycles. The molecule has 0 spiro atoms. The number of aliphatic hydroxyl groups excluding tert-OH is 1. The summed E-state index contributed by atoms with van der Waals surface area (Å²) < 4.78 is 51.3. The summed E-state index contributed by atoms with van der Waals surface area (Å²) in [6.45, 7) is 0.653. The van der Waals surface area contributed by atoms with Crippen LogP contribution in [0.25, 0.3) is 0 Å². The molecule has 1 aromatic rings. The maximum Gasteiger partial charge on any atom is 0.423 e. The topological polar surface area (TPSA) is 78.0 Å². The zero-order chi connectivity index (χ0) is 14.6. The highest BCUT2D eigenvalue weighted by Crippen LogP contribution is 2.31. The number of anilines is 1. The minimum atomic E-state index is -4.89. The molecule has 0 aromatic carbocycles. The summed E-state index contributed by atoms with van der Waals surface area (Å²) >= 11 is 0. The molecule has 5 nitrogen and oxygen atoms in total. The lowest BCUT2D eigenvalue weighted by Gasteiger charge is -2.16. The van der Waals surface area contributed by atoms with E-state index in [1.807, 2.05) is 0 Å². The van der Waals surface area contributed by atoms with Crippen molar-refractivity contribution in [3.8, 4) is 0 Å². The van der Waals surface area contributed by atoms with Gasteiger partial charge in [-0.1, -0.05) is 0 Å². The van der Waals surface area contributed by atoms with Crippen LogP contribution in [0.1, 0.15) is 12.5 Å². The Morgan fingerprint density at radius 2 is 2.26 bits per heavy atom. The van der Waals surface area contributed by atoms with Gasteiger partial charge in [-0.25, -0.2) is 9.49 Å². The normalized spacial score (nSPS) is 14.3. The van der Waals surface area contributed by atoms with Crippen molar-refractivity contribution in [2.24, 2.45) is 0 Å². The average Bonchev–Trinajstić information content (AvgIpc) is 2.27. The van der Waals surface area contributed by atoms with Gasteiger partial charge in [0.2, 0.25) is 0 Å². The number of hydrogen-bond donors (Lipinski definition) is 3. The number of halogens is 4. The summed E-state index contributed by atoms with van der Waals surface area (Å²) in [5.74, 6) is -0.851. The van der Waals surface area contributed by atoms with Crippen LogP contribution < -0.4 is 10.9 Å². The van der Waals surface area contributed by atoms with Crippen molar-refractivity contribution in [3.05, 3.63) is 34.0 Å². The Balaban J connectivity index is 3.13. The van der Waals surface area contributed by atoms with E-state index in [-0.39, 0.29) is 0 Å². The molecular formula is C10H11F4N3O2. The summed E-state index contributed by atoms with van der Waals surface area (Å²) in [5, 5.41) is 15.6. The molecule has 19 heavy (non-hydrogen) atoms. The lowest BCUT2D eigenvalue weighted by atomic mass is 10.2. The minimum Gasteiger partial charge on any atom is -0.392 e. The van der Waals surface area contributed by atoms with E-state index in [1.165, 1.54) is 6.92 Å². The van der Waals surface area contributed by atoms with Crippen molar-refractivity contribution in [1.82, 2.24) is 10.2 Å². The fourth-order valence-corrected chi connectivity index (χ4v) is 1.36. The highest BCUT2D eigenvalue weighted by molar-refractivity contribution is 5.51. The molecule has 9 heteroatoms. The van der Waals surface area contributed by atoms with E-state index < -0.39 is 41.5 Å².